The Morgan fingerprint density at radius 3 is 2.53 bits per heavy atom. The summed E-state index contributed by atoms with van der Waals surface area (Å²) < 4.78 is 0. The minimum absolute atomic E-state index is 0.0279. The Bertz CT molecular complexity index is 575. The van der Waals surface area contributed by atoms with Gasteiger partial charge in [-0.3, -0.25) is 5.41 Å². The first-order valence-corrected chi connectivity index (χ1v) is 6.25. The van der Waals surface area contributed by atoms with E-state index in [4.69, 9.17) is 11.1 Å². The summed E-state index contributed by atoms with van der Waals surface area (Å²) in [6, 6.07) is 11.9. The molecule has 1 heterocycles. The van der Waals surface area contributed by atoms with Crippen LogP contribution in [0.4, 0.5) is 11.5 Å². The van der Waals surface area contributed by atoms with Crippen LogP contribution in [0.15, 0.2) is 42.6 Å². The number of rotatable bonds is 4. The molecule has 19 heavy (non-hydrogen) atoms. The molecule has 0 aliphatic heterocycles. The second-order valence-electron chi connectivity index (χ2n) is 4.37. The second kappa shape index (κ2) is 5.52. The Labute approximate surface area is 113 Å². The largest absolute Gasteiger partial charge is 0.384 e. The molecule has 98 valence electrons. The van der Waals surface area contributed by atoms with Crippen LogP contribution >= 0.6 is 0 Å². The second-order valence-corrected chi connectivity index (χ2v) is 4.37. The van der Waals surface area contributed by atoms with Crippen molar-refractivity contribution in [3.05, 3.63) is 53.7 Å². The SMILES string of the molecule is CCc1ccc(N(C)c2ncccc2C(=N)N)cc1. The van der Waals surface area contributed by atoms with E-state index in [0.29, 0.717) is 11.4 Å². The molecule has 2 rings (SSSR count). The Morgan fingerprint density at radius 2 is 1.95 bits per heavy atom. The van der Waals surface area contributed by atoms with E-state index in [9.17, 15) is 0 Å². The van der Waals surface area contributed by atoms with E-state index in [1.807, 2.05) is 18.0 Å². The number of amidine groups is 1. The minimum atomic E-state index is 0.0279. The summed E-state index contributed by atoms with van der Waals surface area (Å²) in [5.41, 5.74) is 8.56. The van der Waals surface area contributed by atoms with Crippen LogP contribution in [0.3, 0.4) is 0 Å². The first-order valence-electron chi connectivity index (χ1n) is 6.25. The van der Waals surface area contributed by atoms with Crippen molar-refractivity contribution in [2.45, 2.75) is 13.3 Å². The van der Waals surface area contributed by atoms with E-state index in [-0.39, 0.29) is 5.84 Å². The van der Waals surface area contributed by atoms with Crippen LogP contribution in [0.25, 0.3) is 0 Å². The molecule has 0 aliphatic rings. The normalized spacial score (nSPS) is 10.2. The molecule has 0 saturated carbocycles. The maximum absolute atomic E-state index is 7.61. The molecule has 4 heteroatoms. The van der Waals surface area contributed by atoms with E-state index in [1.165, 1.54) is 5.56 Å². The van der Waals surface area contributed by atoms with Crippen LogP contribution in [0.2, 0.25) is 0 Å². The predicted octanol–water partition coefficient (Wildman–Crippen LogP) is 2.70. The standard InChI is InChI=1S/C15H18N4/c1-3-11-6-8-12(9-7-11)19(2)15-13(14(16)17)5-4-10-18-15/h4-10H,3H2,1-2H3,(H3,16,17). The Kier molecular flexibility index (Phi) is 3.80. The molecule has 0 unspecified atom stereocenters. The van der Waals surface area contributed by atoms with Crippen molar-refractivity contribution in [3.63, 3.8) is 0 Å². The lowest BCUT2D eigenvalue weighted by Crippen LogP contribution is -2.19. The fourth-order valence-corrected chi connectivity index (χ4v) is 1.95. The molecule has 0 bridgehead atoms. The summed E-state index contributed by atoms with van der Waals surface area (Å²) in [5.74, 6) is 0.722. The van der Waals surface area contributed by atoms with Gasteiger partial charge in [0.1, 0.15) is 11.7 Å². The third-order valence-electron chi connectivity index (χ3n) is 3.13. The lowest BCUT2D eigenvalue weighted by molar-refractivity contribution is 1.10. The molecule has 2 aromatic rings. The van der Waals surface area contributed by atoms with Gasteiger partial charge in [-0.2, -0.15) is 0 Å². The van der Waals surface area contributed by atoms with Gasteiger partial charge in [-0.05, 0) is 36.2 Å². The number of aromatic nitrogens is 1. The van der Waals surface area contributed by atoms with Crippen LogP contribution in [-0.4, -0.2) is 17.9 Å². The van der Waals surface area contributed by atoms with Crippen molar-refractivity contribution in [3.8, 4) is 0 Å². The monoisotopic (exact) mass is 254 g/mol. The van der Waals surface area contributed by atoms with E-state index < -0.39 is 0 Å². The first-order chi connectivity index (χ1) is 9.13. The Hall–Kier alpha value is -2.36. The van der Waals surface area contributed by atoms with Crippen LogP contribution < -0.4 is 10.6 Å². The molecule has 3 N–H and O–H groups in total. The number of nitrogens with zero attached hydrogens (tertiary/aromatic N) is 2. The number of aryl methyl sites for hydroxylation is 1. The van der Waals surface area contributed by atoms with Crippen molar-refractivity contribution in [2.75, 3.05) is 11.9 Å². The molecule has 1 aromatic heterocycles. The Morgan fingerprint density at radius 1 is 1.26 bits per heavy atom. The van der Waals surface area contributed by atoms with E-state index >= 15 is 0 Å². The number of nitrogen functional groups attached to an aromatic ring is 1. The number of nitrogens with one attached hydrogen (secondary N) is 1. The van der Waals surface area contributed by atoms with Gasteiger partial charge in [0.25, 0.3) is 0 Å². The zero-order valence-electron chi connectivity index (χ0n) is 11.2. The average molecular weight is 254 g/mol. The highest BCUT2D eigenvalue weighted by atomic mass is 15.2. The lowest BCUT2D eigenvalue weighted by atomic mass is 10.1. The van der Waals surface area contributed by atoms with E-state index in [2.05, 4.69) is 36.2 Å². The number of benzene rings is 1. The van der Waals surface area contributed by atoms with Gasteiger partial charge in [-0.25, -0.2) is 4.98 Å². The van der Waals surface area contributed by atoms with Gasteiger partial charge in [0, 0.05) is 18.9 Å². The fraction of sp³-hybridized carbons (Fsp3) is 0.200. The van der Waals surface area contributed by atoms with Crippen LogP contribution in [0.5, 0.6) is 0 Å². The molecule has 0 atom stereocenters. The van der Waals surface area contributed by atoms with Crippen molar-refractivity contribution < 1.29 is 0 Å². The zero-order valence-corrected chi connectivity index (χ0v) is 11.2. The Balaban J connectivity index is 2.37. The molecule has 4 nitrogen and oxygen atoms in total. The summed E-state index contributed by atoms with van der Waals surface area (Å²) >= 11 is 0. The quantitative estimate of drug-likeness (QED) is 0.651. The molecule has 1 aromatic carbocycles. The summed E-state index contributed by atoms with van der Waals surface area (Å²) in [5, 5.41) is 7.61. The number of hydrogen-bond acceptors (Lipinski definition) is 3. The molecular formula is C15H18N4. The van der Waals surface area contributed by atoms with E-state index in [1.54, 1.807) is 12.3 Å². The predicted molar refractivity (Wildman–Crippen MR) is 79.1 cm³/mol. The van der Waals surface area contributed by atoms with Gasteiger partial charge >= 0.3 is 0 Å². The van der Waals surface area contributed by atoms with Gasteiger partial charge in [-0.15, -0.1) is 0 Å². The van der Waals surface area contributed by atoms with E-state index in [0.717, 1.165) is 12.1 Å². The molecular weight excluding hydrogens is 236 g/mol. The van der Waals surface area contributed by atoms with Crippen molar-refractivity contribution >= 4 is 17.3 Å². The van der Waals surface area contributed by atoms with Crippen molar-refractivity contribution in [1.82, 2.24) is 4.98 Å². The molecule has 0 fully saturated rings. The smallest absolute Gasteiger partial charge is 0.143 e. The highest BCUT2D eigenvalue weighted by Crippen LogP contribution is 2.24. The van der Waals surface area contributed by atoms with Crippen LogP contribution in [0.1, 0.15) is 18.1 Å². The highest BCUT2D eigenvalue weighted by Gasteiger charge is 2.12. The molecule has 0 spiro atoms. The summed E-state index contributed by atoms with van der Waals surface area (Å²) in [4.78, 5) is 6.26. The third-order valence-corrected chi connectivity index (χ3v) is 3.13. The molecule has 0 aliphatic carbocycles. The zero-order chi connectivity index (χ0) is 13.8. The number of hydrogen-bond donors (Lipinski definition) is 2. The molecule has 0 amide bonds. The topological polar surface area (TPSA) is 66.0 Å². The van der Waals surface area contributed by atoms with Crippen molar-refractivity contribution in [2.24, 2.45) is 5.73 Å². The first kappa shape index (κ1) is 13.1. The van der Waals surface area contributed by atoms with Gasteiger partial charge in [0.05, 0.1) is 5.56 Å². The fourth-order valence-electron chi connectivity index (χ4n) is 1.95. The number of anilines is 2. The van der Waals surface area contributed by atoms with Crippen molar-refractivity contribution in [1.29, 1.82) is 5.41 Å². The maximum atomic E-state index is 7.61. The van der Waals surface area contributed by atoms with Gasteiger partial charge in [-0.1, -0.05) is 19.1 Å². The maximum Gasteiger partial charge on any atom is 0.143 e. The number of nitrogens with two attached hydrogens (primary N) is 1. The van der Waals surface area contributed by atoms with Gasteiger partial charge in [0.15, 0.2) is 0 Å². The van der Waals surface area contributed by atoms with Crippen LogP contribution in [0, 0.1) is 5.41 Å². The average Bonchev–Trinajstić information content (AvgIpc) is 2.46. The molecule has 0 saturated heterocycles. The minimum Gasteiger partial charge on any atom is -0.384 e. The molecule has 0 radical (unpaired) electrons. The summed E-state index contributed by atoms with van der Waals surface area (Å²) in [6.07, 6.45) is 2.73. The third kappa shape index (κ3) is 2.73. The summed E-state index contributed by atoms with van der Waals surface area (Å²) in [6.45, 7) is 2.13. The van der Waals surface area contributed by atoms with Gasteiger partial charge in [0.2, 0.25) is 0 Å². The summed E-state index contributed by atoms with van der Waals surface area (Å²) in [7, 11) is 1.93. The van der Waals surface area contributed by atoms with Crippen LogP contribution in [-0.2, 0) is 6.42 Å². The highest BCUT2D eigenvalue weighted by molar-refractivity contribution is 6.00. The lowest BCUT2D eigenvalue weighted by Gasteiger charge is -2.21. The number of pyridine rings is 1. The van der Waals surface area contributed by atoms with Gasteiger partial charge < -0.3 is 10.6 Å².